The van der Waals surface area contributed by atoms with Crippen LogP contribution in [0, 0.1) is 28.4 Å². The minimum atomic E-state index is -0.626. The van der Waals surface area contributed by atoms with Crippen molar-refractivity contribution in [2.45, 2.75) is 29.9 Å². The van der Waals surface area contributed by atoms with Crippen molar-refractivity contribution in [1.82, 2.24) is 9.99 Å². The number of hydrogen-bond donors (Lipinski definition) is 1. The summed E-state index contributed by atoms with van der Waals surface area (Å²) in [5, 5.41) is 25.4. The molecular formula is C24H19BrClN5O5S. The Balaban J connectivity index is 1.75. The number of nitro groups is 1. The van der Waals surface area contributed by atoms with Crippen molar-refractivity contribution < 1.29 is 14.5 Å². The number of carbonyl (C=O) groups is 1. The van der Waals surface area contributed by atoms with E-state index >= 15 is 0 Å². The molecule has 2 aromatic carbocycles. The van der Waals surface area contributed by atoms with Crippen molar-refractivity contribution in [2.24, 2.45) is 5.10 Å². The molecule has 37 heavy (non-hydrogen) atoms. The predicted octanol–water partition coefficient (Wildman–Crippen LogP) is 4.80. The molecule has 0 saturated carbocycles. The van der Waals surface area contributed by atoms with Gasteiger partial charge in [0, 0.05) is 44.4 Å². The molecule has 0 unspecified atom stereocenters. The lowest BCUT2D eigenvalue weighted by Crippen LogP contribution is -2.33. The number of nitro benzene ring substituents is 1. The van der Waals surface area contributed by atoms with Gasteiger partial charge in [-0.15, -0.1) is 0 Å². The summed E-state index contributed by atoms with van der Waals surface area (Å²) in [4.78, 5) is 37.5. The average Bonchev–Trinajstić information content (AvgIpc) is 2.87. The van der Waals surface area contributed by atoms with E-state index in [9.17, 15) is 25.0 Å². The van der Waals surface area contributed by atoms with E-state index in [1.807, 2.05) is 6.07 Å². The number of halogens is 2. The monoisotopic (exact) mass is 603 g/mol. The van der Waals surface area contributed by atoms with Gasteiger partial charge in [0.25, 0.3) is 17.2 Å². The first kappa shape index (κ1) is 28.1. The van der Waals surface area contributed by atoms with Gasteiger partial charge in [-0.3, -0.25) is 19.7 Å². The summed E-state index contributed by atoms with van der Waals surface area (Å²) in [6.45, 7) is 1.30. The second-order valence-corrected chi connectivity index (χ2v) is 9.87. The largest absolute Gasteiger partial charge is 0.380 e. The topological polar surface area (TPSA) is 140 Å². The van der Waals surface area contributed by atoms with Crippen LogP contribution in [0.4, 0.5) is 5.69 Å². The molecule has 13 heteroatoms. The molecule has 0 radical (unpaired) electrons. The lowest BCUT2D eigenvalue weighted by Gasteiger charge is -2.15. The van der Waals surface area contributed by atoms with Gasteiger partial charge in [0.05, 0.1) is 22.6 Å². The summed E-state index contributed by atoms with van der Waals surface area (Å²) < 4.78 is 6.71. The van der Waals surface area contributed by atoms with Crippen molar-refractivity contribution >= 4 is 57.1 Å². The number of pyridine rings is 1. The number of benzene rings is 2. The SMILES string of the molecule is COCc1c(Br)c(C)n(CC(=O)N/N=C\c2ccc(Sc3ccc(Cl)cc3)c([N+](=O)[O-])c2)c(=O)c1C#N. The molecule has 1 aromatic heterocycles. The van der Waals surface area contributed by atoms with Crippen LogP contribution >= 0.6 is 39.3 Å². The van der Waals surface area contributed by atoms with Gasteiger partial charge in [-0.25, -0.2) is 5.43 Å². The van der Waals surface area contributed by atoms with Gasteiger partial charge in [-0.2, -0.15) is 10.4 Å². The van der Waals surface area contributed by atoms with E-state index in [1.165, 1.54) is 31.2 Å². The van der Waals surface area contributed by atoms with Crippen molar-refractivity contribution in [1.29, 1.82) is 5.26 Å². The highest BCUT2D eigenvalue weighted by atomic mass is 79.9. The Morgan fingerprint density at radius 1 is 1.35 bits per heavy atom. The zero-order valence-electron chi connectivity index (χ0n) is 19.5. The number of amides is 1. The molecule has 0 saturated heterocycles. The molecule has 0 spiro atoms. The third kappa shape index (κ3) is 6.84. The van der Waals surface area contributed by atoms with Gasteiger partial charge in [-0.05, 0) is 53.2 Å². The average molecular weight is 605 g/mol. The summed E-state index contributed by atoms with van der Waals surface area (Å²) >= 11 is 10.5. The highest BCUT2D eigenvalue weighted by Gasteiger charge is 2.20. The zero-order chi connectivity index (χ0) is 27.1. The Hall–Kier alpha value is -3.50. The molecule has 1 N–H and O–H groups in total. The minimum Gasteiger partial charge on any atom is -0.380 e. The lowest BCUT2D eigenvalue weighted by atomic mass is 10.1. The highest BCUT2D eigenvalue weighted by Crippen LogP contribution is 2.35. The van der Waals surface area contributed by atoms with Crippen LogP contribution in [0.3, 0.4) is 0 Å². The fourth-order valence-corrected chi connectivity index (χ4v) is 4.83. The Bertz CT molecular complexity index is 1480. The van der Waals surface area contributed by atoms with Gasteiger partial charge in [0.1, 0.15) is 18.2 Å². The predicted molar refractivity (Wildman–Crippen MR) is 143 cm³/mol. The van der Waals surface area contributed by atoms with Crippen molar-refractivity contribution in [3.8, 4) is 6.07 Å². The van der Waals surface area contributed by atoms with Crippen LogP contribution in [0.5, 0.6) is 0 Å². The Labute approximate surface area is 229 Å². The van der Waals surface area contributed by atoms with E-state index in [0.29, 0.717) is 31.2 Å². The van der Waals surface area contributed by atoms with Crippen LogP contribution in [0.1, 0.15) is 22.4 Å². The van der Waals surface area contributed by atoms with Crippen molar-refractivity contribution in [3.63, 3.8) is 0 Å². The second kappa shape index (κ2) is 12.6. The maximum Gasteiger partial charge on any atom is 0.283 e. The molecule has 0 atom stereocenters. The molecule has 0 aliphatic heterocycles. The van der Waals surface area contributed by atoms with Crippen LogP contribution in [0.15, 0.2) is 66.6 Å². The van der Waals surface area contributed by atoms with Gasteiger partial charge >= 0.3 is 0 Å². The Kier molecular flexibility index (Phi) is 9.60. The first-order chi connectivity index (χ1) is 17.7. The number of carbonyl (C=O) groups excluding carboxylic acids is 1. The first-order valence-corrected chi connectivity index (χ1v) is 12.5. The smallest absolute Gasteiger partial charge is 0.283 e. The molecule has 3 aromatic rings. The van der Waals surface area contributed by atoms with Gasteiger partial charge in [0.15, 0.2) is 0 Å². The normalized spacial score (nSPS) is 10.9. The van der Waals surface area contributed by atoms with Crippen molar-refractivity contribution in [2.75, 3.05) is 7.11 Å². The molecule has 3 rings (SSSR count). The molecule has 0 aliphatic rings. The molecule has 0 aliphatic carbocycles. The number of aromatic nitrogens is 1. The summed E-state index contributed by atoms with van der Waals surface area (Å²) in [6, 6.07) is 13.3. The van der Waals surface area contributed by atoms with Crippen LogP contribution in [0.25, 0.3) is 0 Å². The molecular weight excluding hydrogens is 586 g/mol. The van der Waals surface area contributed by atoms with Crippen LogP contribution in [-0.2, 0) is 22.7 Å². The maximum atomic E-state index is 12.8. The summed E-state index contributed by atoms with van der Waals surface area (Å²) in [5.41, 5.74) is 2.66. The second-order valence-electron chi connectivity index (χ2n) is 7.52. The maximum absolute atomic E-state index is 12.8. The molecule has 1 amide bonds. The van der Waals surface area contributed by atoms with Crippen molar-refractivity contribution in [3.05, 3.63) is 94.8 Å². The third-order valence-corrected chi connectivity index (χ3v) is 7.45. The first-order valence-electron chi connectivity index (χ1n) is 10.5. The van der Waals surface area contributed by atoms with E-state index in [-0.39, 0.29) is 24.4 Å². The third-order valence-electron chi connectivity index (χ3n) is 5.07. The van der Waals surface area contributed by atoms with Crippen LogP contribution in [0.2, 0.25) is 5.02 Å². The van der Waals surface area contributed by atoms with Gasteiger partial charge in [-0.1, -0.05) is 29.4 Å². The molecule has 1 heterocycles. The fraction of sp³-hybridized carbons (Fsp3) is 0.167. The van der Waals surface area contributed by atoms with E-state index < -0.39 is 16.4 Å². The number of nitrogens with one attached hydrogen (secondary N) is 1. The molecule has 0 bridgehead atoms. The van der Waals surface area contributed by atoms with E-state index in [2.05, 4.69) is 26.5 Å². The van der Waals surface area contributed by atoms with E-state index in [1.54, 1.807) is 43.3 Å². The molecule has 10 nitrogen and oxygen atoms in total. The number of nitrogens with zero attached hydrogens (tertiary/aromatic N) is 4. The summed E-state index contributed by atoms with van der Waals surface area (Å²) in [7, 11) is 1.44. The number of ether oxygens (including phenoxy) is 1. The fourth-order valence-electron chi connectivity index (χ4n) is 3.28. The number of hydrazone groups is 1. The lowest BCUT2D eigenvalue weighted by molar-refractivity contribution is -0.387. The molecule has 0 fully saturated rings. The number of rotatable bonds is 9. The van der Waals surface area contributed by atoms with Gasteiger partial charge < -0.3 is 9.30 Å². The van der Waals surface area contributed by atoms with Crippen LogP contribution < -0.4 is 11.0 Å². The highest BCUT2D eigenvalue weighted by molar-refractivity contribution is 9.10. The number of methoxy groups -OCH3 is 1. The quantitative estimate of drug-likeness (QED) is 0.210. The van der Waals surface area contributed by atoms with E-state index in [0.717, 1.165) is 9.46 Å². The van der Waals surface area contributed by atoms with Crippen LogP contribution in [-0.4, -0.2) is 28.7 Å². The standard InChI is InChI=1S/C24H19BrClN5O5S/c1-14-23(25)19(13-36-2)18(10-27)24(33)30(14)12-22(32)29-28-11-15-3-8-21(20(9-15)31(34)35)37-17-6-4-16(26)5-7-17/h3-9,11H,12-13H2,1-2H3,(H,29,32)/b28-11-. The summed E-state index contributed by atoms with van der Waals surface area (Å²) in [5.74, 6) is -0.624. The van der Waals surface area contributed by atoms with Gasteiger partial charge in [0.2, 0.25) is 0 Å². The Morgan fingerprint density at radius 3 is 2.68 bits per heavy atom. The minimum absolute atomic E-state index is 0.0556. The molecule has 190 valence electrons. The number of nitriles is 1. The zero-order valence-corrected chi connectivity index (χ0v) is 22.7. The Morgan fingerprint density at radius 2 is 2.05 bits per heavy atom. The number of hydrogen-bond acceptors (Lipinski definition) is 8. The van der Waals surface area contributed by atoms with E-state index in [4.69, 9.17) is 16.3 Å². The summed E-state index contributed by atoms with van der Waals surface area (Å²) in [6.07, 6.45) is 1.26.